The number of hydrogen-bond donors (Lipinski definition) is 1. The highest BCUT2D eigenvalue weighted by atomic mass is 16.5. The molecule has 1 fully saturated rings. The van der Waals surface area contributed by atoms with Crippen molar-refractivity contribution in [2.75, 3.05) is 7.11 Å². The van der Waals surface area contributed by atoms with Crippen LogP contribution in [0.5, 0.6) is 0 Å². The highest BCUT2D eigenvalue weighted by Gasteiger charge is 2.28. The Kier molecular flexibility index (Phi) is 6.65. The Balaban J connectivity index is 1.56. The molecule has 0 radical (unpaired) electrons. The molecule has 1 aromatic heterocycles. The molecule has 0 aliphatic heterocycles. The highest BCUT2D eigenvalue weighted by Crippen LogP contribution is 2.39. The summed E-state index contributed by atoms with van der Waals surface area (Å²) in [7, 11) is 1.36. The van der Waals surface area contributed by atoms with E-state index in [1.165, 1.54) is 18.1 Å². The lowest BCUT2D eigenvalue weighted by Gasteiger charge is -2.29. The van der Waals surface area contributed by atoms with Crippen molar-refractivity contribution >= 4 is 22.8 Å². The predicted octanol–water partition coefficient (Wildman–Crippen LogP) is 4.21. The lowest BCUT2D eigenvalue weighted by Crippen LogP contribution is -2.45. The molecule has 0 bridgehead atoms. The molecule has 3 rings (SSSR count). The summed E-state index contributed by atoms with van der Waals surface area (Å²) < 4.78 is 4.80. The molecular formula is C23H30N2O3. The van der Waals surface area contributed by atoms with E-state index in [0.717, 1.165) is 31.2 Å². The Hall–Kier alpha value is -2.43. The molecule has 1 atom stereocenters. The van der Waals surface area contributed by atoms with Gasteiger partial charge in [0.15, 0.2) is 0 Å². The first kappa shape index (κ1) is 20.3. The first-order chi connectivity index (χ1) is 13.5. The minimum Gasteiger partial charge on any atom is -0.467 e. The van der Waals surface area contributed by atoms with E-state index >= 15 is 0 Å². The summed E-state index contributed by atoms with van der Waals surface area (Å²) in [6.07, 6.45) is 6.59. The number of carbonyl (C=O) groups is 2. The lowest BCUT2D eigenvalue weighted by molar-refractivity contribution is -0.146. The number of pyridine rings is 1. The van der Waals surface area contributed by atoms with Crippen molar-refractivity contribution in [3.05, 3.63) is 42.1 Å². The quantitative estimate of drug-likeness (QED) is 0.760. The van der Waals surface area contributed by atoms with Crippen molar-refractivity contribution in [2.45, 2.75) is 57.9 Å². The van der Waals surface area contributed by atoms with Crippen LogP contribution in [0.3, 0.4) is 0 Å². The van der Waals surface area contributed by atoms with Gasteiger partial charge in [-0.05, 0) is 61.1 Å². The van der Waals surface area contributed by atoms with Crippen LogP contribution in [0.25, 0.3) is 10.9 Å². The molecule has 0 unspecified atom stereocenters. The van der Waals surface area contributed by atoms with E-state index in [4.69, 9.17) is 4.74 Å². The third kappa shape index (κ3) is 4.70. The Morgan fingerprint density at radius 1 is 1.14 bits per heavy atom. The Morgan fingerprint density at radius 2 is 1.86 bits per heavy atom. The maximum absolute atomic E-state index is 12.4. The monoisotopic (exact) mass is 382 g/mol. The highest BCUT2D eigenvalue weighted by molar-refractivity contribution is 5.85. The largest absolute Gasteiger partial charge is 0.467 e. The van der Waals surface area contributed by atoms with E-state index in [1.54, 1.807) is 0 Å². The number of nitrogens with one attached hydrogen (secondary N) is 1. The molecule has 1 saturated carbocycles. The molecule has 5 heteroatoms. The maximum Gasteiger partial charge on any atom is 0.328 e. The summed E-state index contributed by atoms with van der Waals surface area (Å²) >= 11 is 0. The van der Waals surface area contributed by atoms with Gasteiger partial charge in [0, 0.05) is 18.0 Å². The minimum atomic E-state index is -0.572. The predicted molar refractivity (Wildman–Crippen MR) is 110 cm³/mol. The summed E-state index contributed by atoms with van der Waals surface area (Å²) in [5, 5.41) is 4.10. The lowest BCUT2D eigenvalue weighted by atomic mass is 9.77. The number of nitrogens with zero attached hydrogens (tertiary/aromatic N) is 1. The fraction of sp³-hybridized carbons (Fsp3) is 0.522. The van der Waals surface area contributed by atoms with Gasteiger partial charge in [-0.15, -0.1) is 0 Å². The van der Waals surface area contributed by atoms with Crippen LogP contribution in [-0.4, -0.2) is 30.0 Å². The number of fused-ring (bicyclic) bond motifs is 1. The van der Waals surface area contributed by atoms with Gasteiger partial charge in [-0.25, -0.2) is 4.79 Å². The van der Waals surface area contributed by atoms with Gasteiger partial charge in [0.1, 0.15) is 6.04 Å². The first-order valence-electron chi connectivity index (χ1n) is 10.2. The molecule has 2 aromatic rings. The molecule has 5 nitrogen and oxygen atoms in total. The van der Waals surface area contributed by atoms with Crippen molar-refractivity contribution in [2.24, 2.45) is 11.8 Å². The number of aromatic nitrogens is 1. The van der Waals surface area contributed by atoms with Crippen LogP contribution in [0, 0.1) is 11.8 Å². The maximum atomic E-state index is 12.4. The van der Waals surface area contributed by atoms with Crippen molar-refractivity contribution < 1.29 is 14.3 Å². The van der Waals surface area contributed by atoms with E-state index < -0.39 is 6.04 Å². The number of amides is 1. The van der Waals surface area contributed by atoms with Gasteiger partial charge in [0.2, 0.25) is 5.91 Å². The third-order valence-corrected chi connectivity index (χ3v) is 5.88. The standard InChI is InChI=1S/C23H30N2O3/c1-15(2)22(23(27)28-3)25-21(26)14-16-8-10-17(11-9-16)18-12-13-24-20-7-5-4-6-19(18)20/h4-7,12-13,15-17,22H,8-11,14H2,1-3H3,(H,25,26)/t16-,17-,22-/m0/s1. The van der Waals surface area contributed by atoms with Crippen molar-refractivity contribution in [3.8, 4) is 0 Å². The zero-order valence-corrected chi connectivity index (χ0v) is 17.0. The number of rotatable bonds is 6. The molecule has 0 saturated heterocycles. The molecule has 1 N–H and O–H groups in total. The number of para-hydroxylation sites is 1. The number of carbonyl (C=O) groups excluding carboxylic acids is 2. The zero-order chi connectivity index (χ0) is 20.1. The fourth-order valence-electron chi connectivity index (χ4n) is 4.27. The van der Waals surface area contributed by atoms with Gasteiger partial charge < -0.3 is 10.1 Å². The molecule has 0 spiro atoms. The Bertz CT molecular complexity index is 820. The van der Waals surface area contributed by atoms with Crippen LogP contribution in [0.1, 0.15) is 57.4 Å². The van der Waals surface area contributed by atoms with E-state index in [9.17, 15) is 9.59 Å². The van der Waals surface area contributed by atoms with Gasteiger partial charge in [-0.2, -0.15) is 0 Å². The molecule has 1 heterocycles. The summed E-state index contributed by atoms with van der Waals surface area (Å²) in [4.78, 5) is 28.8. The van der Waals surface area contributed by atoms with Crippen LogP contribution in [0.15, 0.2) is 36.5 Å². The minimum absolute atomic E-state index is 0.00658. The Morgan fingerprint density at radius 3 is 2.54 bits per heavy atom. The van der Waals surface area contributed by atoms with Gasteiger partial charge in [0.25, 0.3) is 0 Å². The van der Waals surface area contributed by atoms with Crippen LogP contribution < -0.4 is 5.32 Å². The number of hydrogen-bond acceptors (Lipinski definition) is 4. The molecule has 1 aromatic carbocycles. The molecule has 150 valence electrons. The smallest absolute Gasteiger partial charge is 0.328 e. The average Bonchev–Trinajstić information content (AvgIpc) is 2.71. The van der Waals surface area contributed by atoms with Gasteiger partial charge in [-0.3, -0.25) is 9.78 Å². The topological polar surface area (TPSA) is 68.3 Å². The van der Waals surface area contributed by atoms with Crippen LogP contribution in [0.4, 0.5) is 0 Å². The number of esters is 1. The second kappa shape index (κ2) is 9.18. The summed E-state index contributed by atoms with van der Waals surface area (Å²) in [5.74, 6) is 0.464. The van der Waals surface area contributed by atoms with Crippen molar-refractivity contribution in [1.82, 2.24) is 10.3 Å². The first-order valence-corrected chi connectivity index (χ1v) is 10.2. The molecular weight excluding hydrogens is 352 g/mol. The normalized spacial score (nSPS) is 20.7. The zero-order valence-electron chi connectivity index (χ0n) is 17.0. The number of methoxy groups -OCH3 is 1. The average molecular weight is 383 g/mol. The number of benzene rings is 1. The van der Waals surface area contributed by atoms with Gasteiger partial charge in [-0.1, -0.05) is 32.0 Å². The van der Waals surface area contributed by atoms with E-state index in [-0.39, 0.29) is 17.8 Å². The second-order valence-electron chi connectivity index (χ2n) is 8.15. The molecule has 1 aliphatic rings. The van der Waals surface area contributed by atoms with Crippen LogP contribution >= 0.6 is 0 Å². The van der Waals surface area contributed by atoms with Crippen molar-refractivity contribution in [3.63, 3.8) is 0 Å². The molecule has 1 amide bonds. The van der Waals surface area contributed by atoms with E-state index in [2.05, 4.69) is 34.6 Å². The van der Waals surface area contributed by atoms with Crippen LogP contribution in [-0.2, 0) is 14.3 Å². The van der Waals surface area contributed by atoms with E-state index in [0.29, 0.717) is 18.3 Å². The molecule has 1 aliphatic carbocycles. The summed E-state index contributed by atoms with van der Waals surface area (Å²) in [6, 6.07) is 9.86. The van der Waals surface area contributed by atoms with E-state index in [1.807, 2.05) is 26.1 Å². The summed E-state index contributed by atoms with van der Waals surface area (Å²) in [6.45, 7) is 3.82. The van der Waals surface area contributed by atoms with Gasteiger partial charge in [0.05, 0.1) is 12.6 Å². The summed E-state index contributed by atoms with van der Waals surface area (Å²) in [5.41, 5.74) is 2.42. The van der Waals surface area contributed by atoms with Crippen molar-refractivity contribution in [1.29, 1.82) is 0 Å². The number of ether oxygens (including phenoxy) is 1. The Labute approximate surface area is 166 Å². The SMILES string of the molecule is COC(=O)[C@@H](NC(=O)C[C@H]1CC[C@H](c2ccnc3ccccc32)CC1)C(C)C. The fourth-order valence-corrected chi connectivity index (χ4v) is 4.27. The van der Waals surface area contributed by atoms with Crippen LogP contribution in [0.2, 0.25) is 0 Å². The second-order valence-corrected chi connectivity index (χ2v) is 8.15. The van der Waals surface area contributed by atoms with Gasteiger partial charge >= 0.3 is 5.97 Å². The molecule has 28 heavy (non-hydrogen) atoms. The third-order valence-electron chi connectivity index (χ3n) is 5.88.